The van der Waals surface area contributed by atoms with Crippen LogP contribution < -0.4 is 5.32 Å². The van der Waals surface area contributed by atoms with Gasteiger partial charge in [0.2, 0.25) is 0 Å². The number of Topliss-reactive ketones (excluding diaryl/α,β-unsaturated/α-hetero) is 1. The maximum atomic E-state index is 12.3. The lowest BCUT2D eigenvalue weighted by atomic mass is 9.61. The molecule has 1 amide bonds. The van der Waals surface area contributed by atoms with Crippen molar-refractivity contribution in [3.8, 4) is 0 Å². The molecule has 1 N–H and O–H groups in total. The molecule has 1 aromatic carbocycles. The summed E-state index contributed by atoms with van der Waals surface area (Å²) in [6.07, 6.45) is 1.30. The van der Waals surface area contributed by atoms with E-state index in [2.05, 4.69) is 5.32 Å². The van der Waals surface area contributed by atoms with Crippen LogP contribution in [0.25, 0.3) is 0 Å². The van der Waals surface area contributed by atoms with E-state index in [1.807, 2.05) is 30.3 Å². The predicted octanol–water partition coefficient (Wildman–Crippen LogP) is 2.46. The van der Waals surface area contributed by atoms with E-state index >= 15 is 0 Å². The Labute approximate surface area is 146 Å². The molecule has 4 atom stereocenters. The van der Waals surface area contributed by atoms with Crippen molar-refractivity contribution in [1.29, 1.82) is 0 Å². The normalized spacial score (nSPS) is 27.6. The molecule has 6 heteroatoms. The van der Waals surface area contributed by atoms with Crippen molar-refractivity contribution in [3.05, 3.63) is 35.9 Å². The Morgan fingerprint density at radius 1 is 1.16 bits per heavy atom. The number of fused-ring (bicyclic) bond motifs is 3. The highest BCUT2D eigenvalue weighted by molar-refractivity contribution is 5.88. The SMILES string of the molecule is CCOC(=O)[C@@H]1[C@H]2CC[C@H](C(=O)C2)[C@H]1NC(=O)OCc1ccccc1. The first-order valence-electron chi connectivity index (χ1n) is 8.76. The molecule has 4 rings (SSSR count). The molecule has 25 heavy (non-hydrogen) atoms. The van der Waals surface area contributed by atoms with E-state index in [-0.39, 0.29) is 36.8 Å². The van der Waals surface area contributed by atoms with Crippen LogP contribution in [0.4, 0.5) is 4.79 Å². The first-order chi connectivity index (χ1) is 12.1. The summed E-state index contributed by atoms with van der Waals surface area (Å²) in [5.74, 6) is -1.08. The molecule has 0 saturated heterocycles. The van der Waals surface area contributed by atoms with E-state index in [0.717, 1.165) is 12.0 Å². The molecule has 0 radical (unpaired) electrons. The van der Waals surface area contributed by atoms with Crippen molar-refractivity contribution in [2.24, 2.45) is 17.8 Å². The third-order valence-electron chi connectivity index (χ3n) is 5.11. The van der Waals surface area contributed by atoms with Crippen LogP contribution >= 0.6 is 0 Å². The number of nitrogens with one attached hydrogen (secondary N) is 1. The van der Waals surface area contributed by atoms with Gasteiger partial charge in [0.15, 0.2) is 0 Å². The number of rotatable bonds is 5. The van der Waals surface area contributed by atoms with Crippen LogP contribution in [0.1, 0.15) is 31.7 Å². The minimum Gasteiger partial charge on any atom is -0.466 e. The van der Waals surface area contributed by atoms with Gasteiger partial charge in [0.05, 0.1) is 18.6 Å². The third-order valence-corrected chi connectivity index (χ3v) is 5.11. The number of ether oxygens (including phenoxy) is 2. The van der Waals surface area contributed by atoms with Crippen molar-refractivity contribution < 1.29 is 23.9 Å². The fourth-order valence-corrected chi connectivity index (χ4v) is 3.97. The van der Waals surface area contributed by atoms with E-state index in [1.54, 1.807) is 6.92 Å². The Hall–Kier alpha value is -2.37. The number of esters is 1. The van der Waals surface area contributed by atoms with Gasteiger partial charge < -0.3 is 14.8 Å². The lowest BCUT2D eigenvalue weighted by Crippen LogP contribution is -2.59. The number of hydrogen-bond acceptors (Lipinski definition) is 5. The first kappa shape index (κ1) is 17.5. The second kappa shape index (κ2) is 7.68. The molecular formula is C19H23NO5. The number of benzene rings is 1. The molecule has 0 spiro atoms. The number of ketones is 1. The minimum absolute atomic E-state index is 0.0593. The Balaban J connectivity index is 1.66. The van der Waals surface area contributed by atoms with Crippen LogP contribution in [0, 0.1) is 17.8 Å². The first-order valence-corrected chi connectivity index (χ1v) is 8.76. The van der Waals surface area contributed by atoms with Gasteiger partial charge in [-0.05, 0) is 31.2 Å². The number of carbonyl (C=O) groups excluding carboxylic acids is 3. The second-order valence-electron chi connectivity index (χ2n) is 6.62. The van der Waals surface area contributed by atoms with Gasteiger partial charge in [-0.2, -0.15) is 0 Å². The highest BCUT2D eigenvalue weighted by atomic mass is 16.5. The van der Waals surface area contributed by atoms with E-state index in [0.29, 0.717) is 12.8 Å². The molecule has 6 nitrogen and oxygen atoms in total. The fraction of sp³-hybridized carbons (Fsp3) is 0.526. The average Bonchev–Trinajstić information content (AvgIpc) is 2.61. The van der Waals surface area contributed by atoms with Gasteiger partial charge in [0.25, 0.3) is 0 Å². The van der Waals surface area contributed by atoms with Crippen molar-refractivity contribution in [2.45, 2.75) is 38.8 Å². The predicted molar refractivity (Wildman–Crippen MR) is 89.5 cm³/mol. The van der Waals surface area contributed by atoms with Crippen LogP contribution in [0.2, 0.25) is 0 Å². The Morgan fingerprint density at radius 2 is 1.92 bits per heavy atom. The molecule has 3 aliphatic carbocycles. The van der Waals surface area contributed by atoms with Gasteiger partial charge in [-0.1, -0.05) is 30.3 Å². The summed E-state index contributed by atoms with van der Waals surface area (Å²) in [5.41, 5.74) is 0.876. The van der Waals surface area contributed by atoms with Crippen LogP contribution in [-0.2, 0) is 25.7 Å². The van der Waals surface area contributed by atoms with Gasteiger partial charge in [0.1, 0.15) is 12.4 Å². The zero-order valence-electron chi connectivity index (χ0n) is 14.3. The number of amides is 1. The van der Waals surface area contributed by atoms with Gasteiger partial charge >= 0.3 is 12.1 Å². The molecule has 2 bridgehead atoms. The van der Waals surface area contributed by atoms with Gasteiger partial charge in [-0.15, -0.1) is 0 Å². The lowest BCUT2D eigenvalue weighted by molar-refractivity contribution is -0.158. The summed E-state index contributed by atoms with van der Waals surface area (Å²) in [6.45, 7) is 2.18. The molecule has 3 saturated carbocycles. The minimum atomic E-state index is -0.608. The maximum Gasteiger partial charge on any atom is 0.407 e. The van der Waals surface area contributed by atoms with E-state index in [1.165, 1.54) is 0 Å². The maximum absolute atomic E-state index is 12.3. The highest BCUT2D eigenvalue weighted by Gasteiger charge is 2.52. The quantitative estimate of drug-likeness (QED) is 0.829. The smallest absolute Gasteiger partial charge is 0.407 e. The van der Waals surface area contributed by atoms with Gasteiger partial charge in [0, 0.05) is 12.3 Å². The summed E-state index contributed by atoms with van der Waals surface area (Å²) in [6, 6.07) is 8.81. The Morgan fingerprint density at radius 3 is 2.60 bits per heavy atom. The van der Waals surface area contributed by atoms with E-state index in [4.69, 9.17) is 9.47 Å². The van der Waals surface area contributed by atoms with Gasteiger partial charge in [-0.25, -0.2) is 4.79 Å². The third kappa shape index (κ3) is 3.83. The molecule has 0 aliphatic heterocycles. The molecule has 0 heterocycles. The molecular weight excluding hydrogens is 322 g/mol. The largest absolute Gasteiger partial charge is 0.466 e. The molecule has 3 aliphatic rings. The molecule has 1 aromatic rings. The molecule has 134 valence electrons. The van der Waals surface area contributed by atoms with Crippen LogP contribution in [0.15, 0.2) is 30.3 Å². The Kier molecular flexibility index (Phi) is 5.36. The zero-order chi connectivity index (χ0) is 17.8. The monoisotopic (exact) mass is 345 g/mol. The summed E-state index contributed by atoms with van der Waals surface area (Å²) >= 11 is 0. The zero-order valence-corrected chi connectivity index (χ0v) is 14.3. The van der Waals surface area contributed by atoms with Crippen molar-refractivity contribution in [2.75, 3.05) is 6.61 Å². The van der Waals surface area contributed by atoms with Crippen LogP contribution in [0.5, 0.6) is 0 Å². The summed E-state index contributed by atoms with van der Waals surface area (Å²) < 4.78 is 10.4. The summed E-state index contributed by atoms with van der Waals surface area (Å²) in [4.78, 5) is 36.7. The van der Waals surface area contributed by atoms with E-state index < -0.39 is 18.1 Å². The topological polar surface area (TPSA) is 81.7 Å². The molecule has 3 fully saturated rings. The number of alkyl carbamates (subject to hydrolysis) is 1. The number of hydrogen-bond donors (Lipinski definition) is 1. The van der Waals surface area contributed by atoms with Crippen molar-refractivity contribution in [1.82, 2.24) is 5.32 Å². The summed E-state index contributed by atoms with van der Waals surface area (Å²) in [7, 11) is 0. The standard InChI is InChI=1S/C19H23NO5/c1-2-24-18(22)16-13-8-9-14(15(21)10-13)17(16)20-19(23)25-11-12-6-4-3-5-7-12/h3-7,13-14,16-17H,2,8-11H2,1H3,(H,20,23)/t13-,14+,16+,17+/m0/s1. The number of carbonyl (C=O) groups is 3. The average molecular weight is 345 g/mol. The van der Waals surface area contributed by atoms with E-state index in [9.17, 15) is 14.4 Å². The van der Waals surface area contributed by atoms with Gasteiger partial charge in [-0.3, -0.25) is 9.59 Å². The lowest BCUT2D eigenvalue weighted by Gasteiger charge is -2.45. The summed E-state index contributed by atoms with van der Waals surface area (Å²) in [5, 5.41) is 2.76. The molecule has 0 unspecified atom stereocenters. The highest BCUT2D eigenvalue weighted by Crippen LogP contribution is 2.43. The van der Waals surface area contributed by atoms with Crippen molar-refractivity contribution >= 4 is 17.8 Å². The second-order valence-corrected chi connectivity index (χ2v) is 6.62. The van der Waals surface area contributed by atoms with Crippen LogP contribution in [0.3, 0.4) is 0 Å². The van der Waals surface area contributed by atoms with Crippen molar-refractivity contribution in [3.63, 3.8) is 0 Å². The fourth-order valence-electron chi connectivity index (χ4n) is 3.97. The van der Waals surface area contributed by atoms with Crippen LogP contribution in [-0.4, -0.2) is 30.5 Å². The Bertz CT molecular complexity index is 644. The molecule has 0 aromatic heterocycles.